The average molecular weight is 306 g/mol. The van der Waals surface area contributed by atoms with E-state index in [1.54, 1.807) is 4.31 Å². The topological polar surface area (TPSA) is 58.6 Å². The molecule has 1 aliphatic heterocycles. The summed E-state index contributed by atoms with van der Waals surface area (Å²) in [6, 6.07) is 0.312. The van der Waals surface area contributed by atoms with Crippen LogP contribution in [0.4, 0.5) is 0 Å². The lowest BCUT2D eigenvalue weighted by atomic mass is 9.92. The van der Waals surface area contributed by atoms with E-state index in [2.05, 4.69) is 12.2 Å². The minimum absolute atomic E-state index is 0.232. The van der Waals surface area contributed by atoms with E-state index in [4.69, 9.17) is 4.74 Å². The minimum Gasteiger partial charge on any atom is -0.377 e. The monoisotopic (exact) mass is 306 g/mol. The first-order valence-corrected chi connectivity index (χ1v) is 9.47. The van der Waals surface area contributed by atoms with Gasteiger partial charge in [-0.05, 0) is 45.6 Å². The van der Waals surface area contributed by atoms with Crippen molar-refractivity contribution < 1.29 is 13.2 Å². The first-order valence-electron chi connectivity index (χ1n) is 7.63. The normalized spacial score (nSPS) is 23.1. The number of rotatable bonds is 8. The summed E-state index contributed by atoms with van der Waals surface area (Å²) in [5, 5.41) is 3.45. The smallest absolute Gasteiger partial charge is 0.211 e. The van der Waals surface area contributed by atoms with Crippen LogP contribution >= 0.6 is 0 Å². The summed E-state index contributed by atoms with van der Waals surface area (Å²) in [4.78, 5) is 0. The highest BCUT2D eigenvalue weighted by Crippen LogP contribution is 2.23. The van der Waals surface area contributed by atoms with E-state index in [1.807, 2.05) is 13.8 Å². The Hall–Kier alpha value is -0.170. The number of piperidine rings is 1. The molecule has 0 aromatic heterocycles. The lowest BCUT2D eigenvalue weighted by Crippen LogP contribution is -2.43. The molecule has 5 nitrogen and oxygen atoms in total. The molecule has 0 amide bonds. The third-order valence-corrected chi connectivity index (χ3v) is 4.96. The van der Waals surface area contributed by atoms with Crippen molar-refractivity contribution in [3.05, 3.63) is 0 Å². The summed E-state index contributed by atoms with van der Waals surface area (Å²) in [6.45, 7) is 9.09. The number of hydrogen-bond donors (Lipinski definition) is 1. The Morgan fingerprint density at radius 1 is 1.40 bits per heavy atom. The largest absolute Gasteiger partial charge is 0.377 e. The Morgan fingerprint density at radius 2 is 2.10 bits per heavy atom. The minimum atomic E-state index is -3.05. The average Bonchev–Trinajstić information content (AvgIpc) is 2.35. The molecule has 0 spiro atoms. The van der Waals surface area contributed by atoms with Crippen molar-refractivity contribution in [3.63, 3.8) is 0 Å². The van der Waals surface area contributed by atoms with Gasteiger partial charge in [-0.3, -0.25) is 0 Å². The maximum Gasteiger partial charge on any atom is 0.211 e. The van der Waals surface area contributed by atoms with Crippen LogP contribution in [0.25, 0.3) is 0 Å². The number of likely N-dealkylation sites (N-methyl/N-ethyl adjacent to an activating group) is 1. The van der Waals surface area contributed by atoms with Gasteiger partial charge in [0.2, 0.25) is 10.0 Å². The molecule has 120 valence electrons. The van der Waals surface area contributed by atoms with Crippen LogP contribution in [0.3, 0.4) is 0 Å². The van der Waals surface area contributed by atoms with Gasteiger partial charge in [-0.2, -0.15) is 0 Å². The number of sulfonamides is 1. The lowest BCUT2D eigenvalue weighted by Gasteiger charge is -2.33. The summed E-state index contributed by atoms with van der Waals surface area (Å²) in [6.07, 6.45) is 4.58. The molecule has 0 aromatic carbocycles. The second kappa shape index (κ2) is 8.32. The van der Waals surface area contributed by atoms with E-state index in [0.29, 0.717) is 31.7 Å². The zero-order chi connectivity index (χ0) is 15.2. The molecule has 2 atom stereocenters. The van der Waals surface area contributed by atoms with Gasteiger partial charge in [0.1, 0.15) is 0 Å². The number of nitrogens with one attached hydrogen (secondary N) is 1. The zero-order valence-corrected chi connectivity index (χ0v) is 14.1. The number of ether oxygens (including phenoxy) is 1. The van der Waals surface area contributed by atoms with Gasteiger partial charge in [0.25, 0.3) is 0 Å². The summed E-state index contributed by atoms with van der Waals surface area (Å²) in [5.41, 5.74) is 0. The third-order valence-electron chi connectivity index (χ3n) is 3.69. The summed E-state index contributed by atoms with van der Waals surface area (Å²) in [5.74, 6) is 0.429. The fraction of sp³-hybridized carbons (Fsp3) is 1.00. The molecule has 1 N–H and O–H groups in total. The molecular formula is C14H30N2O3S. The molecule has 0 aromatic rings. The second-order valence-corrected chi connectivity index (χ2v) is 7.98. The Balaban J connectivity index is 2.50. The molecule has 1 rings (SSSR count). The number of hydrogen-bond acceptors (Lipinski definition) is 4. The lowest BCUT2D eigenvalue weighted by molar-refractivity contribution is 0.0540. The van der Waals surface area contributed by atoms with Gasteiger partial charge in [0.15, 0.2) is 0 Å². The van der Waals surface area contributed by atoms with E-state index in [-0.39, 0.29) is 6.10 Å². The van der Waals surface area contributed by atoms with Gasteiger partial charge >= 0.3 is 0 Å². The highest BCUT2D eigenvalue weighted by molar-refractivity contribution is 7.88. The molecule has 0 bridgehead atoms. The Bertz CT molecular complexity index is 371. The van der Waals surface area contributed by atoms with Gasteiger partial charge in [-0.15, -0.1) is 0 Å². The van der Waals surface area contributed by atoms with Crippen LogP contribution in [0.5, 0.6) is 0 Å². The highest BCUT2D eigenvalue weighted by atomic mass is 32.2. The second-order valence-electron chi connectivity index (χ2n) is 6.00. The van der Waals surface area contributed by atoms with Gasteiger partial charge in [-0.1, -0.05) is 6.92 Å². The molecule has 6 heteroatoms. The maximum atomic E-state index is 11.6. The van der Waals surface area contributed by atoms with E-state index in [0.717, 1.165) is 25.8 Å². The van der Waals surface area contributed by atoms with Crippen molar-refractivity contribution in [2.75, 3.05) is 32.5 Å². The van der Waals surface area contributed by atoms with E-state index < -0.39 is 10.0 Å². The number of nitrogens with zero attached hydrogens (tertiary/aromatic N) is 1. The SMILES string of the molecule is CCNC(COC(C)C)CC1CCCN(S(C)(=O)=O)C1. The van der Waals surface area contributed by atoms with Gasteiger partial charge in [0.05, 0.1) is 19.0 Å². The van der Waals surface area contributed by atoms with Crippen LogP contribution < -0.4 is 5.32 Å². The predicted molar refractivity (Wildman–Crippen MR) is 82.3 cm³/mol. The molecule has 1 heterocycles. The molecule has 2 unspecified atom stereocenters. The van der Waals surface area contributed by atoms with Crippen molar-refractivity contribution in [3.8, 4) is 0 Å². The van der Waals surface area contributed by atoms with Crippen molar-refractivity contribution in [1.82, 2.24) is 9.62 Å². The van der Waals surface area contributed by atoms with E-state index >= 15 is 0 Å². The Morgan fingerprint density at radius 3 is 2.65 bits per heavy atom. The summed E-state index contributed by atoms with van der Waals surface area (Å²) in [7, 11) is -3.05. The van der Waals surface area contributed by atoms with Gasteiger partial charge in [0, 0.05) is 19.1 Å². The summed E-state index contributed by atoms with van der Waals surface area (Å²) < 4.78 is 30.6. The van der Waals surface area contributed by atoms with Crippen molar-refractivity contribution in [1.29, 1.82) is 0 Å². The Kier molecular flexibility index (Phi) is 7.43. The first-order chi connectivity index (χ1) is 9.32. The fourth-order valence-corrected chi connectivity index (χ4v) is 3.67. The van der Waals surface area contributed by atoms with Crippen molar-refractivity contribution >= 4 is 10.0 Å². The van der Waals surface area contributed by atoms with Crippen LogP contribution in [0, 0.1) is 5.92 Å². The molecule has 1 aliphatic rings. The van der Waals surface area contributed by atoms with E-state index in [9.17, 15) is 8.42 Å². The predicted octanol–water partition coefficient (Wildman–Crippen LogP) is 1.45. The van der Waals surface area contributed by atoms with Crippen molar-refractivity contribution in [2.24, 2.45) is 5.92 Å². The van der Waals surface area contributed by atoms with Crippen LogP contribution in [0.2, 0.25) is 0 Å². The van der Waals surface area contributed by atoms with Crippen molar-refractivity contribution in [2.45, 2.75) is 52.2 Å². The van der Waals surface area contributed by atoms with Crippen LogP contribution in [-0.2, 0) is 14.8 Å². The summed E-state index contributed by atoms with van der Waals surface area (Å²) >= 11 is 0. The first kappa shape index (κ1) is 17.9. The quantitative estimate of drug-likeness (QED) is 0.737. The third kappa shape index (κ3) is 6.52. The Labute approximate surface area is 124 Å². The molecule has 0 radical (unpaired) electrons. The molecule has 1 fully saturated rings. The highest BCUT2D eigenvalue weighted by Gasteiger charge is 2.27. The fourth-order valence-electron chi connectivity index (χ4n) is 2.73. The van der Waals surface area contributed by atoms with Gasteiger partial charge in [-0.25, -0.2) is 12.7 Å². The van der Waals surface area contributed by atoms with Crippen LogP contribution in [0.15, 0.2) is 0 Å². The maximum absolute atomic E-state index is 11.6. The van der Waals surface area contributed by atoms with Crippen LogP contribution in [0.1, 0.15) is 40.0 Å². The standard InChI is InChI=1S/C14H30N2O3S/c1-5-15-14(11-19-12(2)3)9-13-7-6-8-16(10-13)20(4,17)18/h12-15H,5-11H2,1-4H3. The van der Waals surface area contributed by atoms with Crippen LogP contribution in [-0.4, -0.2) is 57.4 Å². The van der Waals surface area contributed by atoms with Gasteiger partial charge < -0.3 is 10.1 Å². The molecular weight excluding hydrogens is 276 g/mol. The molecule has 0 aliphatic carbocycles. The zero-order valence-electron chi connectivity index (χ0n) is 13.3. The molecule has 20 heavy (non-hydrogen) atoms. The molecule has 1 saturated heterocycles. The molecule has 0 saturated carbocycles. The van der Waals surface area contributed by atoms with E-state index in [1.165, 1.54) is 6.26 Å².